The van der Waals surface area contributed by atoms with Crippen molar-refractivity contribution >= 4 is 29.2 Å². The van der Waals surface area contributed by atoms with Gasteiger partial charge >= 0.3 is 0 Å². The molecule has 0 aromatic carbocycles. The first kappa shape index (κ1) is 21.1. The molecule has 7 heteroatoms. The molecule has 154 valence electrons. The van der Waals surface area contributed by atoms with Gasteiger partial charge < -0.3 is 10.2 Å². The Morgan fingerprint density at radius 3 is 2.46 bits per heavy atom. The molecule has 2 fully saturated rings. The minimum atomic E-state index is -0.0404. The van der Waals surface area contributed by atoms with E-state index in [1.54, 1.807) is 12.1 Å². The third-order valence-electron chi connectivity index (χ3n) is 6.22. The number of halogens is 1. The third-order valence-corrected chi connectivity index (χ3v) is 6.45. The highest BCUT2D eigenvalue weighted by Crippen LogP contribution is 2.27. The number of anilines is 1. The Bertz CT molecular complexity index is 665. The normalized spacial score (nSPS) is 24.0. The maximum absolute atomic E-state index is 12.7. The van der Waals surface area contributed by atoms with Crippen LogP contribution < -0.4 is 5.32 Å². The summed E-state index contributed by atoms with van der Waals surface area (Å²) in [6, 6.07) is 3.80. The van der Waals surface area contributed by atoms with E-state index in [0.29, 0.717) is 23.4 Å². The Morgan fingerprint density at radius 2 is 1.86 bits per heavy atom. The van der Waals surface area contributed by atoms with Crippen molar-refractivity contribution in [3.8, 4) is 0 Å². The number of pyridine rings is 1. The number of hydrogen-bond donors (Lipinski definition) is 1. The molecule has 1 aliphatic heterocycles. The van der Waals surface area contributed by atoms with Crippen LogP contribution in [-0.4, -0.2) is 59.3 Å². The smallest absolute Gasteiger partial charge is 0.236 e. The first-order valence-corrected chi connectivity index (χ1v) is 10.7. The van der Waals surface area contributed by atoms with Crippen LogP contribution >= 0.6 is 11.6 Å². The van der Waals surface area contributed by atoms with Crippen molar-refractivity contribution in [2.45, 2.75) is 51.5 Å². The summed E-state index contributed by atoms with van der Waals surface area (Å²) in [5, 5.41) is 3.40. The number of amides is 2. The van der Waals surface area contributed by atoms with Crippen molar-refractivity contribution in [1.29, 1.82) is 0 Å². The fraction of sp³-hybridized carbons (Fsp3) is 0.667. The van der Waals surface area contributed by atoms with Crippen molar-refractivity contribution in [2.24, 2.45) is 11.8 Å². The summed E-state index contributed by atoms with van der Waals surface area (Å²) in [5.74, 6) is 1.46. The van der Waals surface area contributed by atoms with E-state index < -0.39 is 0 Å². The van der Waals surface area contributed by atoms with Crippen LogP contribution in [0.5, 0.6) is 0 Å². The molecule has 1 saturated carbocycles. The molecule has 1 aromatic heterocycles. The third kappa shape index (κ3) is 5.67. The molecule has 1 aliphatic carbocycles. The molecule has 3 rings (SSSR count). The number of carbonyl (C=O) groups is 2. The predicted octanol–water partition coefficient (Wildman–Crippen LogP) is 3.42. The zero-order chi connectivity index (χ0) is 20.1. The molecular formula is C21H31ClN4O2. The zero-order valence-electron chi connectivity index (χ0n) is 16.9. The molecule has 28 heavy (non-hydrogen) atoms. The van der Waals surface area contributed by atoms with E-state index in [1.807, 2.05) is 11.9 Å². The van der Waals surface area contributed by atoms with E-state index >= 15 is 0 Å². The minimum Gasteiger partial charge on any atom is -0.342 e. The van der Waals surface area contributed by atoms with Crippen molar-refractivity contribution in [3.63, 3.8) is 0 Å². The quantitative estimate of drug-likeness (QED) is 0.813. The number of likely N-dealkylation sites (N-methyl/N-ethyl adjacent to an activating group) is 1. The Morgan fingerprint density at radius 1 is 1.18 bits per heavy atom. The number of piperidine rings is 1. The van der Waals surface area contributed by atoms with E-state index in [0.717, 1.165) is 44.7 Å². The highest BCUT2D eigenvalue weighted by Gasteiger charge is 2.29. The molecule has 0 spiro atoms. The molecule has 1 saturated heterocycles. The van der Waals surface area contributed by atoms with Gasteiger partial charge in [0.15, 0.2) is 0 Å². The number of likely N-dealkylation sites (tertiary alicyclic amines) is 1. The average Bonchev–Trinajstić information content (AvgIpc) is 2.70. The van der Waals surface area contributed by atoms with Gasteiger partial charge in [0.2, 0.25) is 11.8 Å². The van der Waals surface area contributed by atoms with Crippen molar-refractivity contribution in [2.75, 3.05) is 32.0 Å². The van der Waals surface area contributed by atoms with Gasteiger partial charge in [0.25, 0.3) is 0 Å². The number of carbonyl (C=O) groups excluding carboxylic acids is 2. The standard InChI is InChI=1S/C21H31ClN4O2/c1-15-3-6-18(7-4-15)25(2)20(27)14-26-11-9-16(10-12-26)21(28)24-19-8-5-17(22)13-23-19/h5,8,13,15-16,18H,3-4,6-7,9-12,14H2,1-2H3,(H,23,24,28). The molecule has 0 radical (unpaired) electrons. The lowest BCUT2D eigenvalue weighted by Gasteiger charge is -2.36. The first-order chi connectivity index (χ1) is 13.4. The Balaban J connectivity index is 1.41. The molecule has 2 amide bonds. The van der Waals surface area contributed by atoms with E-state index in [2.05, 4.69) is 22.1 Å². The Kier molecular flexibility index (Phi) is 7.30. The largest absolute Gasteiger partial charge is 0.342 e. The van der Waals surface area contributed by atoms with Gasteiger partial charge in [0, 0.05) is 25.2 Å². The summed E-state index contributed by atoms with van der Waals surface area (Å²) in [6.07, 6.45) is 7.70. The van der Waals surface area contributed by atoms with Crippen LogP contribution in [-0.2, 0) is 9.59 Å². The highest BCUT2D eigenvalue weighted by molar-refractivity contribution is 6.30. The van der Waals surface area contributed by atoms with Crippen LogP contribution in [0.1, 0.15) is 45.4 Å². The highest BCUT2D eigenvalue weighted by atomic mass is 35.5. The summed E-state index contributed by atoms with van der Waals surface area (Å²) >= 11 is 5.82. The number of nitrogens with one attached hydrogen (secondary N) is 1. The second-order valence-electron chi connectivity index (χ2n) is 8.32. The van der Waals surface area contributed by atoms with Gasteiger partial charge in [-0.15, -0.1) is 0 Å². The van der Waals surface area contributed by atoms with Crippen LogP contribution in [0.2, 0.25) is 5.02 Å². The van der Waals surface area contributed by atoms with Gasteiger partial charge in [-0.2, -0.15) is 0 Å². The van der Waals surface area contributed by atoms with E-state index in [-0.39, 0.29) is 17.7 Å². The van der Waals surface area contributed by atoms with Gasteiger partial charge in [-0.3, -0.25) is 14.5 Å². The molecular weight excluding hydrogens is 376 g/mol. The molecule has 0 bridgehead atoms. The first-order valence-electron chi connectivity index (χ1n) is 10.3. The SMILES string of the molecule is CC1CCC(N(C)C(=O)CN2CCC(C(=O)Nc3ccc(Cl)cn3)CC2)CC1. The monoisotopic (exact) mass is 406 g/mol. The predicted molar refractivity (Wildman–Crippen MR) is 111 cm³/mol. The lowest BCUT2D eigenvalue weighted by Crippen LogP contribution is -2.47. The lowest BCUT2D eigenvalue weighted by atomic mass is 9.87. The van der Waals surface area contributed by atoms with Crippen molar-refractivity contribution in [3.05, 3.63) is 23.4 Å². The van der Waals surface area contributed by atoms with Crippen LogP contribution in [0.3, 0.4) is 0 Å². The fourth-order valence-corrected chi connectivity index (χ4v) is 4.28. The van der Waals surface area contributed by atoms with E-state index in [9.17, 15) is 9.59 Å². The minimum absolute atomic E-state index is 0.00533. The number of hydrogen-bond acceptors (Lipinski definition) is 4. The molecule has 2 heterocycles. The molecule has 0 unspecified atom stereocenters. The van der Waals surface area contributed by atoms with E-state index in [1.165, 1.54) is 19.0 Å². The Hall–Kier alpha value is -1.66. The van der Waals surface area contributed by atoms with Gasteiger partial charge in [-0.05, 0) is 69.7 Å². The Labute approximate surface area is 172 Å². The topological polar surface area (TPSA) is 65.5 Å². The average molecular weight is 407 g/mol. The summed E-state index contributed by atoms with van der Waals surface area (Å²) < 4.78 is 0. The lowest BCUT2D eigenvalue weighted by molar-refractivity contribution is -0.134. The van der Waals surface area contributed by atoms with Gasteiger partial charge in [0.05, 0.1) is 11.6 Å². The van der Waals surface area contributed by atoms with Crippen LogP contribution in [0.15, 0.2) is 18.3 Å². The molecule has 0 atom stereocenters. The van der Waals surface area contributed by atoms with Crippen molar-refractivity contribution < 1.29 is 9.59 Å². The maximum atomic E-state index is 12.7. The zero-order valence-corrected chi connectivity index (χ0v) is 17.6. The molecule has 1 N–H and O–H groups in total. The summed E-state index contributed by atoms with van der Waals surface area (Å²) in [5.41, 5.74) is 0. The number of rotatable bonds is 5. The van der Waals surface area contributed by atoms with Crippen LogP contribution in [0.25, 0.3) is 0 Å². The molecule has 2 aliphatic rings. The van der Waals surface area contributed by atoms with Crippen LogP contribution in [0.4, 0.5) is 5.82 Å². The second-order valence-corrected chi connectivity index (χ2v) is 8.76. The molecule has 6 nitrogen and oxygen atoms in total. The van der Waals surface area contributed by atoms with Crippen molar-refractivity contribution in [1.82, 2.24) is 14.8 Å². The maximum Gasteiger partial charge on any atom is 0.236 e. The summed E-state index contributed by atoms with van der Waals surface area (Å²) in [7, 11) is 1.95. The van der Waals surface area contributed by atoms with Gasteiger partial charge in [-0.25, -0.2) is 4.98 Å². The van der Waals surface area contributed by atoms with E-state index in [4.69, 9.17) is 11.6 Å². The molecule has 1 aromatic rings. The van der Waals surface area contributed by atoms with Crippen LogP contribution in [0, 0.1) is 11.8 Å². The number of aromatic nitrogens is 1. The van der Waals surface area contributed by atoms with Gasteiger partial charge in [0.1, 0.15) is 5.82 Å². The van der Waals surface area contributed by atoms with Gasteiger partial charge in [-0.1, -0.05) is 18.5 Å². The second kappa shape index (κ2) is 9.70. The fourth-order valence-electron chi connectivity index (χ4n) is 4.17. The summed E-state index contributed by atoms with van der Waals surface area (Å²) in [4.78, 5) is 33.3. The number of nitrogens with zero attached hydrogens (tertiary/aromatic N) is 3. The summed E-state index contributed by atoms with van der Waals surface area (Å²) in [6.45, 7) is 4.29.